The van der Waals surface area contributed by atoms with Crippen LogP contribution in [0.1, 0.15) is 21.3 Å². The number of nitrogens with zero attached hydrogens (tertiary/aromatic N) is 4. The highest BCUT2D eigenvalue weighted by molar-refractivity contribution is 7.17. The molecule has 0 aliphatic carbocycles. The smallest absolute Gasteiger partial charge is 0.350 e. The van der Waals surface area contributed by atoms with Crippen LogP contribution in [0, 0.1) is 17.0 Å². The number of carbonyl (C=O) groups is 1. The Hall–Kier alpha value is -4.32. The Labute approximate surface area is 197 Å². The number of hydrogen-bond donors (Lipinski definition) is 0. The second-order valence-electron chi connectivity index (χ2n) is 6.88. The Morgan fingerprint density at radius 2 is 1.76 bits per heavy atom. The zero-order valence-corrected chi connectivity index (χ0v) is 19.1. The number of methoxy groups -OCH3 is 2. The van der Waals surface area contributed by atoms with Crippen molar-refractivity contribution in [1.82, 2.24) is 15.2 Å². The average molecular weight is 482 g/mol. The Bertz CT molecular complexity index is 1350. The molecule has 0 saturated carbocycles. The summed E-state index contributed by atoms with van der Waals surface area (Å²) in [6.45, 7) is 1.48. The Morgan fingerprint density at radius 1 is 1.06 bits per heavy atom. The van der Waals surface area contributed by atoms with Gasteiger partial charge >= 0.3 is 5.97 Å². The first-order valence-corrected chi connectivity index (χ1v) is 10.7. The molecule has 2 aromatic carbocycles. The maximum atomic E-state index is 12.6. The fraction of sp³-hybridized carbons (Fsp3) is 0.182. The van der Waals surface area contributed by atoms with Gasteiger partial charge in [-0.15, -0.1) is 21.5 Å². The first-order valence-electron chi connectivity index (χ1n) is 9.83. The summed E-state index contributed by atoms with van der Waals surface area (Å²) in [6, 6.07) is 11.0. The van der Waals surface area contributed by atoms with Gasteiger partial charge in [-0.1, -0.05) is 0 Å². The third-order valence-electron chi connectivity index (χ3n) is 4.73. The molecule has 0 spiro atoms. The minimum absolute atomic E-state index is 0.0511. The molecule has 4 rings (SSSR count). The predicted octanol–water partition coefficient (Wildman–Crippen LogP) is 4.45. The molecule has 11 nitrogen and oxygen atoms in total. The quantitative estimate of drug-likeness (QED) is 0.201. The van der Waals surface area contributed by atoms with E-state index in [1.807, 2.05) is 6.07 Å². The molecule has 2 heterocycles. The van der Waals surface area contributed by atoms with Crippen LogP contribution in [0.15, 0.2) is 46.9 Å². The van der Waals surface area contributed by atoms with E-state index < -0.39 is 10.9 Å². The number of ether oxygens (including phenoxy) is 3. The zero-order chi connectivity index (χ0) is 24.2. The van der Waals surface area contributed by atoms with E-state index in [0.29, 0.717) is 32.6 Å². The largest absolute Gasteiger partial charge is 0.493 e. The average Bonchev–Trinajstić information content (AvgIpc) is 3.49. The van der Waals surface area contributed by atoms with Crippen molar-refractivity contribution >= 4 is 23.0 Å². The molecule has 0 aliphatic rings. The van der Waals surface area contributed by atoms with E-state index in [9.17, 15) is 14.9 Å². The van der Waals surface area contributed by atoms with Crippen molar-refractivity contribution in [2.24, 2.45) is 0 Å². The summed E-state index contributed by atoms with van der Waals surface area (Å²) in [4.78, 5) is 27.7. The van der Waals surface area contributed by atoms with Crippen molar-refractivity contribution < 1.29 is 28.3 Å². The van der Waals surface area contributed by atoms with Crippen LogP contribution >= 0.6 is 11.3 Å². The van der Waals surface area contributed by atoms with Crippen LogP contribution in [-0.2, 0) is 11.3 Å². The number of non-ortho nitro benzene ring substituents is 1. The van der Waals surface area contributed by atoms with Crippen LogP contribution in [0.4, 0.5) is 5.69 Å². The number of thiazole rings is 1. The van der Waals surface area contributed by atoms with Crippen LogP contribution in [0.3, 0.4) is 0 Å². The topological polar surface area (TPSA) is 140 Å². The van der Waals surface area contributed by atoms with E-state index in [0.717, 1.165) is 5.56 Å². The molecule has 174 valence electrons. The SMILES string of the molecule is COc1ccc(-c2nc(C)c(C(=O)OCc3nnc(-c4ccc([N+](=O)[O-])cc4)o3)s2)cc1OC. The number of aromatic nitrogens is 3. The number of nitro benzene ring substituents is 1. The van der Waals surface area contributed by atoms with Gasteiger partial charge in [-0.25, -0.2) is 9.78 Å². The van der Waals surface area contributed by atoms with Gasteiger partial charge in [0.25, 0.3) is 11.6 Å². The van der Waals surface area contributed by atoms with Crippen molar-refractivity contribution in [3.63, 3.8) is 0 Å². The number of carbonyl (C=O) groups excluding carboxylic acids is 1. The van der Waals surface area contributed by atoms with Crippen LogP contribution in [-0.4, -0.2) is 40.3 Å². The number of rotatable bonds is 8. The van der Waals surface area contributed by atoms with Gasteiger partial charge in [0.2, 0.25) is 5.89 Å². The number of aryl methyl sites for hydroxylation is 1. The van der Waals surface area contributed by atoms with Crippen molar-refractivity contribution in [1.29, 1.82) is 0 Å². The van der Waals surface area contributed by atoms with E-state index in [1.54, 1.807) is 33.3 Å². The van der Waals surface area contributed by atoms with Gasteiger partial charge in [-0.2, -0.15) is 0 Å². The van der Waals surface area contributed by atoms with E-state index in [-0.39, 0.29) is 24.1 Å². The van der Waals surface area contributed by atoms with Crippen LogP contribution in [0.5, 0.6) is 11.5 Å². The number of benzene rings is 2. The normalized spacial score (nSPS) is 10.7. The maximum Gasteiger partial charge on any atom is 0.350 e. The molecule has 34 heavy (non-hydrogen) atoms. The van der Waals surface area contributed by atoms with Crippen LogP contribution < -0.4 is 9.47 Å². The lowest BCUT2D eigenvalue weighted by molar-refractivity contribution is -0.384. The molecule has 0 aliphatic heterocycles. The number of hydrogen-bond acceptors (Lipinski definition) is 11. The minimum atomic E-state index is -0.572. The van der Waals surface area contributed by atoms with Gasteiger partial charge in [0.15, 0.2) is 18.1 Å². The zero-order valence-electron chi connectivity index (χ0n) is 18.3. The summed E-state index contributed by atoms with van der Waals surface area (Å²) in [7, 11) is 3.10. The molecule has 12 heteroatoms. The summed E-state index contributed by atoms with van der Waals surface area (Å²) in [5, 5.41) is 19.2. The highest BCUT2D eigenvalue weighted by Gasteiger charge is 2.20. The molecule has 0 unspecified atom stereocenters. The Kier molecular flexibility index (Phi) is 6.50. The lowest BCUT2D eigenvalue weighted by Gasteiger charge is -2.08. The van der Waals surface area contributed by atoms with E-state index >= 15 is 0 Å². The standard InChI is InChI=1S/C22H18N4O7S/c1-12-19(34-21(23-12)14-6-9-16(30-2)17(10-14)31-3)22(27)32-11-18-24-25-20(33-18)13-4-7-15(8-5-13)26(28)29/h4-10H,11H2,1-3H3. The lowest BCUT2D eigenvalue weighted by atomic mass is 10.2. The molecular weight excluding hydrogens is 464 g/mol. The van der Waals surface area contributed by atoms with Crippen molar-refractivity contribution in [3.8, 4) is 33.5 Å². The lowest BCUT2D eigenvalue weighted by Crippen LogP contribution is -2.05. The van der Waals surface area contributed by atoms with Crippen LogP contribution in [0.2, 0.25) is 0 Å². The summed E-state index contributed by atoms with van der Waals surface area (Å²) >= 11 is 1.19. The van der Waals surface area contributed by atoms with Gasteiger partial charge in [0, 0.05) is 23.3 Å². The summed E-state index contributed by atoms with van der Waals surface area (Å²) in [5.74, 6) is 0.815. The Morgan fingerprint density at radius 3 is 2.44 bits per heavy atom. The third-order valence-corrected chi connectivity index (χ3v) is 5.92. The molecule has 0 amide bonds. The molecule has 0 saturated heterocycles. The third kappa shape index (κ3) is 4.71. The second kappa shape index (κ2) is 9.67. The molecule has 0 fully saturated rings. The summed E-state index contributed by atoms with van der Waals surface area (Å²) in [6.07, 6.45) is 0. The first kappa shape index (κ1) is 22.9. The van der Waals surface area contributed by atoms with Crippen molar-refractivity contribution in [3.05, 3.63) is 69.0 Å². The van der Waals surface area contributed by atoms with Crippen molar-refractivity contribution in [2.45, 2.75) is 13.5 Å². The van der Waals surface area contributed by atoms with Gasteiger partial charge in [-0.3, -0.25) is 10.1 Å². The Balaban J connectivity index is 1.44. The number of esters is 1. The van der Waals surface area contributed by atoms with Gasteiger partial charge in [-0.05, 0) is 37.3 Å². The highest BCUT2D eigenvalue weighted by atomic mass is 32.1. The van der Waals surface area contributed by atoms with Gasteiger partial charge < -0.3 is 18.6 Å². The molecular formula is C22H18N4O7S. The summed E-state index contributed by atoms with van der Waals surface area (Å²) < 4.78 is 21.4. The second-order valence-corrected chi connectivity index (χ2v) is 7.88. The van der Waals surface area contributed by atoms with Crippen LogP contribution in [0.25, 0.3) is 22.0 Å². The van der Waals surface area contributed by atoms with Gasteiger partial charge in [0.05, 0.1) is 24.8 Å². The van der Waals surface area contributed by atoms with Gasteiger partial charge in [0.1, 0.15) is 9.88 Å². The fourth-order valence-electron chi connectivity index (χ4n) is 3.03. The molecule has 4 aromatic rings. The molecule has 0 radical (unpaired) electrons. The number of nitro groups is 1. The van der Waals surface area contributed by atoms with E-state index in [2.05, 4.69) is 15.2 Å². The molecule has 2 aromatic heterocycles. The first-order chi connectivity index (χ1) is 16.4. The van der Waals surface area contributed by atoms with E-state index in [1.165, 1.54) is 35.6 Å². The maximum absolute atomic E-state index is 12.6. The molecule has 0 N–H and O–H groups in total. The van der Waals surface area contributed by atoms with E-state index in [4.69, 9.17) is 18.6 Å². The van der Waals surface area contributed by atoms with Crippen molar-refractivity contribution in [2.75, 3.05) is 14.2 Å². The highest BCUT2D eigenvalue weighted by Crippen LogP contribution is 2.35. The summed E-state index contributed by atoms with van der Waals surface area (Å²) in [5.41, 5.74) is 1.75. The molecule has 0 atom stereocenters. The monoisotopic (exact) mass is 482 g/mol. The minimum Gasteiger partial charge on any atom is -0.493 e. The molecule has 0 bridgehead atoms. The fourth-order valence-corrected chi connectivity index (χ4v) is 3.98. The predicted molar refractivity (Wildman–Crippen MR) is 121 cm³/mol.